The molecule has 1 amide bonds. The first kappa shape index (κ1) is 22.2. The summed E-state index contributed by atoms with van der Waals surface area (Å²) in [6, 6.07) is 27.9. The third kappa shape index (κ3) is 5.26. The van der Waals surface area contributed by atoms with Gasteiger partial charge in [0.15, 0.2) is 5.78 Å². The molecule has 0 bridgehead atoms. The second-order valence-corrected chi connectivity index (χ2v) is 9.04. The molecule has 1 heterocycles. The van der Waals surface area contributed by atoms with Crippen molar-refractivity contribution in [1.29, 1.82) is 0 Å². The summed E-state index contributed by atoms with van der Waals surface area (Å²) in [7, 11) is 0. The van der Waals surface area contributed by atoms with E-state index in [9.17, 15) is 9.59 Å². The zero-order valence-corrected chi connectivity index (χ0v) is 19.1. The van der Waals surface area contributed by atoms with Crippen LogP contribution in [-0.2, 0) is 12.0 Å². The van der Waals surface area contributed by atoms with Crippen LogP contribution in [0.4, 0.5) is 5.69 Å². The zero-order chi connectivity index (χ0) is 23.4. The fraction of sp³-hybridized carbons (Fsp3) is 0.179. The molecule has 0 fully saturated rings. The largest absolute Gasteiger partial charge is 0.321 e. The highest BCUT2D eigenvalue weighted by molar-refractivity contribution is 6.10. The fourth-order valence-electron chi connectivity index (χ4n) is 3.53. The van der Waals surface area contributed by atoms with Gasteiger partial charge in [-0.15, -0.1) is 0 Å². The molecule has 5 nitrogen and oxygen atoms in total. The number of hydrogen-bond acceptors (Lipinski definition) is 3. The van der Waals surface area contributed by atoms with Crippen molar-refractivity contribution < 1.29 is 9.59 Å². The SMILES string of the molecule is CC(C)(C)c1cc(C(=O)Nc2cccc(C(=O)c3ccccc3)c2)n(Cc2ccccc2)n1. The van der Waals surface area contributed by atoms with E-state index in [1.165, 1.54) is 0 Å². The Hall–Kier alpha value is -3.99. The highest BCUT2D eigenvalue weighted by Crippen LogP contribution is 2.23. The predicted octanol–water partition coefficient (Wildman–Crippen LogP) is 5.71. The first-order chi connectivity index (χ1) is 15.8. The lowest BCUT2D eigenvalue weighted by Gasteiger charge is -2.14. The van der Waals surface area contributed by atoms with E-state index in [1.807, 2.05) is 54.6 Å². The number of aromatic nitrogens is 2. The van der Waals surface area contributed by atoms with Crippen LogP contribution in [0.2, 0.25) is 0 Å². The molecule has 0 aliphatic carbocycles. The van der Waals surface area contributed by atoms with Crippen molar-refractivity contribution in [2.45, 2.75) is 32.7 Å². The Morgan fingerprint density at radius 1 is 0.818 bits per heavy atom. The van der Waals surface area contributed by atoms with E-state index in [2.05, 4.69) is 26.1 Å². The molecule has 1 N–H and O–H groups in total. The van der Waals surface area contributed by atoms with E-state index >= 15 is 0 Å². The predicted molar refractivity (Wildman–Crippen MR) is 131 cm³/mol. The number of benzene rings is 3. The van der Waals surface area contributed by atoms with Gasteiger partial charge in [0.1, 0.15) is 5.69 Å². The summed E-state index contributed by atoms with van der Waals surface area (Å²) in [6.07, 6.45) is 0. The average molecular weight is 438 g/mol. The molecule has 0 radical (unpaired) electrons. The molecule has 4 aromatic rings. The van der Waals surface area contributed by atoms with Gasteiger partial charge in [0, 0.05) is 22.2 Å². The van der Waals surface area contributed by atoms with Gasteiger partial charge >= 0.3 is 0 Å². The summed E-state index contributed by atoms with van der Waals surface area (Å²) in [5.74, 6) is -0.353. The van der Waals surface area contributed by atoms with Crippen LogP contribution in [-0.4, -0.2) is 21.5 Å². The number of ketones is 1. The van der Waals surface area contributed by atoms with Crippen molar-refractivity contribution in [2.24, 2.45) is 0 Å². The standard InChI is InChI=1S/C28H27N3O2/c1-28(2,3)25-18-24(31(30-25)19-20-11-6-4-7-12-20)27(33)29-23-16-10-15-22(17-23)26(32)21-13-8-5-9-14-21/h4-18H,19H2,1-3H3,(H,29,33). The molecule has 0 spiro atoms. The van der Waals surface area contributed by atoms with Gasteiger partial charge in [-0.2, -0.15) is 5.10 Å². The zero-order valence-electron chi connectivity index (χ0n) is 19.1. The van der Waals surface area contributed by atoms with Gasteiger partial charge in [-0.1, -0.05) is 93.6 Å². The average Bonchev–Trinajstić information content (AvgIpc) is 3.24. The van der Waals surface area contributed by atoms with Crippen LogP contribution >= 0.6 is 0 Å². The lowest BCUT2D eigenvalue weighted by Crippen LogP contribution is -2.18. The van der Waals surface area contributed by atoms with E-state index < -0.39 is 0 Å². The number of carbonyl (C=O) groups excluding carboxylic acids is 2. The van der Waals surface area contributed by atoms with Crippen molar-refractivity contribution in [2.75, 3.05) is 5.32 Å². The van der Waals surface area contributed by atoms with E-state index in [0.717, 1.165) is 11.3 Å². The Kier molecular flexibility index (Phi) is 6.22. The van der Waals surface area contributed by atoms with Gasteiger partial charge in [0.05, 0.1) is 12.2 Å². The number of amides is 1. The van der Waals surface area contributed by atoms with Crippen molar-refractivity contribution in [3.05, 3.63) is 119 Å². The second-order valence-electron chi connectivity index (χ2n) is 9.04. The molecule has 0 aliphatic heterocycles. The van der Waals surface area contributed by atoms with Crippen LogP contribution in [0.5, 0.6) is 0 Å². The fourth-order valence-corrected chi connectivity index (χ4v) is 3.53. The Balaban J connectivity index is 1.61. The number of anilines is 1. The number of rotatable bonds is 6. The van der Waals surface area contributed by atoms with Crippen LogP contribution in [0.3, 0.4) is 0 Å². The molecule has 0 aliphatic rings. The Bertz CT molecular complexity index is 1270. The molecule has 0 atom stereocenters. The molecule has 0 saturated carbocycles. The van der Waals surface area contributed by atoms with Crippen molar-refractivity contribution in [3.8, 4) is 0 Å². The van der Waals surface area contributed by atoms with Crippen molar-refractivity contribution in [1.82, 2.24) is 9.78 Å². The molecular formula is C28H27N3O2. The Labute approximate surface area is 194 Å². The maximum atomic E-state index is 13.3. The van der Waals surface area contributed by atoms with Crippen molar-refractivity contribution in [3.63, 3.8) is 0 Å². The molecule has 1 aromatic heterocycles. The van der Waals surface area contributed by atoms with Crippen LogP contribution < -0.4 is 5.32 Å². The molecule has 4 rings (SSSR count). The Morgan fingerprint density at radius 3 is 2.12 bits per heavy atom. The third-order valence-electron chi connectivity index (χ3n) is 5.37. The van der Waals surface area contributed by atoms with E-state index in [1.54, 1.807) is 41.1 Å². The first-order valence-electron chi connectivity index (χ1n) is 10.9. The van der Waals surface area contributed by atoms with Crippen LogP contribution in [0.15, 0.2) is 91.0 Å². The van der Waals surface area contributed by atoms with Gasteiger partial charge in [-0.3, -0.25) is 14.3 Å². The topological polar surface area (TPSA) is 64.0 Å². The first-order valence-corrected chi connectivity index (χ1v) is 10.9. The molecule has 33 heavy (non-hydrogen) atoms. The lowest BCUT2D eigenvalue weighted by atomic mass is 9.92. The van der Waals surface area contributed by atoms with Gasteiger partial charge in [-0.05, 0) is 23.8 Å². The number of hydrogen-bond donors (Lipinski definition) is 1. The Morgan fingerprint density at radius 2 is 1.45 bits per heavy atom. The minimum Gasteiger partial charge on any atom is -0.321 e. The highest BCUT2D eigenvalue weighted by atomic mass is 16.2. The normalized spacial score (nSPS) is 11.2. The van der Waals surface area contributed by atoms with Crippen LogP contribution in [0.1, 0.15) is 58.4 Å². The third-order valence-corrected chi connectivity index (χ3v) is 5.37. The molecule has 0 unspecified atom stereocenters. The smallest absolute Gasteiger partial charge is 0.273 e. The van der Waals surface area contributed by atoms with Gasteiger partial charge in [0.2, 0.25) is 0 Å². The van der Waals surface area contributed by atoms with Gasteiger partial charge in [0.25, 0.3) is 5.91 Å². The maximum Gasteiger partial charge on any atom is 0.273 e. The van der Waals surface area contributed by atoms with E-state index in [0.29, 0.717) is 29.1 Å². The summed E-state index contributed by atoms with van der Waals surface area (Å²) in [6.45, 7) is 6.71. The van der Waals surface area contributed by atoms with Gasteiger partial charge in [-0.25, -0.2) is 0 Å². The van der Waals surface area contributed by atoms with Crippen molar-refractivity contribution >= 4 is 17.4 Å². The number of nitrogens with one attached hydrogen (secondary N) is 1. The molecule has 0 saturated heterocycles. The summed E-state index contributed by atoms with van der Waals surface area (Å²) < 4.78 is 1.74. The minimum absolute atomic E-state index is 0.0872. The summed E-state index contributed by atoms with van der Waals surface area (Å²) in [4.78, 5) is 26.1. The molecule has 3 aromatic carbocycles. The van der Waals surface area contributed by atoms with E-state index in [-0.39, 0.29) is 17.1 Å². The van der Waals surface area contributed by atoms with Crippen LogP contribution in [0, 0.1) is 0 Å². The highest BCUT2D eigenvalue weighted by Gasteiger charge is 2.23. The second kappa shape index (κ2) is 9.25. The molecule has 166 valence electrons. The summed E-state index contributed by atoms with van der Waals surface area (Å²) in [5.41, 5.74) is 3.88. The number of nitrogens with zero attached hydrogens (tertiary/aromatic N) is 2. The lowest BCUT2D eigenvalue weighted by molar-refractivity contribution is 0.101. The maximum absolute atomic E-state index is 13.3. The molecule has 5 heteroatoms. The summed E-state index contributed by atoms with van der Waals surface area (Å²) >= 11 is 0. The van der Waals surface area contributed by atoms with Gasteiger partial charge < -0.3 is 5.32 Å². The van der Waals surface area contributed by atoms with Crippen LogP contribution in [0.25, 0.3) is 0 Å². The number of carbonyl (C=O) groups is 2. The molecular weight excluding hydrogens is 410 g/mol. The summed E-state index contributed by atoms with van der Waals surface area (Å²) in [5, 5.41) is 7.67. The quantitative estimate of drug-likeness (QED) is 0.393. The minimum atomic E-state index is -0.266. The monoisotopic (exact) mass is 437 g/mol. The van der Waals surface area contributed by atoms with E-state index in [4.69, 9.17) is 5.10 Å².